The molecule has 0 aromatic carbocycles. The van der Waals surface area contributed by atoms with Crippen molar-refractivity contribution < 1.29 is 13.7 Å². The highest BCUT2D eigenvalue weighted by atomic mass is 14.8. The van der Waals surface area contributed by atoms with Gasteiger partial charge in [-0.05, 0) is 18.0 Å². The molecule has 0 saturated carbocycles. The maximum Gasteiger partial charge on any atom is 0.123 e. The first-order valence-corrected chi connectivity index (χ1v) is 2.49. The van der Waals surface area contributed by atoms with Gasteiger partial charge in [0.25, 0.3) is 0 Å². The Labute approximate surface area is 75.1 Å². The molecule has 10 heavy (non-hydrogen) atoms. The number of aromatic nitrogens is 1. The predicted molar refractivity (Wildman–Crippen MR) is 42.6 cm³/mol. The van der Waals surface area contributed by atoms with Gasteiger partial charge in [0.2, 0.25) is 0 Å². The van der Waals surface area contributed by atoms with Gasteiger partial charge in [0.05, 0.1) is 4.11 Å². The lowest BCUT2D eigenvalue weighted by Gasteiger charge is -1.96. The molecular formula is C8H12N2. The van der Waals surface area contributed by atoms with E-state index in [0.717, 1.165) is 0 Å². The van der Waals surface area contributed by atoms with E-state index in [-0.39, 0.29) is 0 Å². The van der Waals surface area contributed by atoms with Gasteiger partial charge < -0.3 is 5.73 Å². The van der Waals surface area contributed by atoms with E-state index < -0.39 is 49.2 Å². The lowest BCUT2D eigenvalue weighted by Crippen LogP contribution is -1.90. The molecular weight excluding hydrogens is 124 g/mol. The molecule has 0 aliphatic carbocycles. The summed E-state index contributed by atoms with van der Waals surface area (Å²) in [6.07, 6.45) is -7.43. The van der Waals surface area contributed by atoms with Crippen LogP contribution >= 0.6 is 0 Å². The van der Waals surface area contributed by atoms with E-state index in [1.54, 1.807) is 0 Å². The topological polar surface area (TPSA) is 38.9 Å². The third-order valence-corrected chi connectivity index (χ3v) is 0.791. The zero-order valence-corrected chi connectivity index (χ0v) is 5.02. The van der Waals surface area contributed by atoms with Crippen LogP contribution in [0.2, 0.25) is 0 Å². The second-order valence-corrected chi connectivity index (χ2v) is 1.48. The van der Waals surface area contributed by atoms with Gasteiger partial charge in [-0.25, -0.2) is 4.98 Å². The molecule has 0 bridgehead atoms. The summed E-state index contributed by atoms with van der Waals surface area (Å²) in [5.74, 6) is -0.478. The van der Waals surface area contributed by atoms with Gasteiger partial charge in [0.1, 0.15) is 5.82 Å². The van der Waals surface area contributed by atoms with Gasteiger partial charge in [-0.15, -0.1) is 0 Å². The van der Waals surface area contributed by atoms with Crippen LogP contribution in [0.15, 0.2) is 18.3 Å². The first-order valence-electron chi connectivity index (χ1n) is 7.49. The van der Waals surface area contributed by atoms with Crippen LogP contribution in [0, 0.1) is 0 Å². The van der Waals surface area contributed by atoms with E-state index in [4.69, 9.17) is 19.4 Å². The molecule has 1 rings (SSSR count). The summed E-state index contributed by atoms with van der Waals surface area (Å²) in [5.41, 5.74) is 4.36. The van der Waals surface area contributed by atoms with Gasteiger partial charge in [0, 0.05) is 15.8 Å². The van der Waals surface area contributed by atoms with Gasteiger partial charge in [-0.3, -0.25) is 0 Å². The molecule has 2 N–H and O–H groups in total. The molecule has 0 spiro atoms. The molecule has 0 amide bonds. The fourth-order valence-corrected chi connectivity index (χ4v) is 0.420. The number of anilines is 1. The molecule has 0 aliphatic rings. The molecule has 0 aliphatic heterocycles. The van der Waals surface area contributed by atoms with E-state index in [0.29, 0.717) is 0 Å². The lowest BCUT2D eigenvalue weighted by molar-refractivity contribution is 0.914. The van der Waals surface area contributed by atoms with Crippen molar-refractivity contribution in [2.45, 2.75) is 19.6 Å². The average Bonchev–Trinajstić information content (AvgIpc) is 2.23. The smallest absolute Gasteiger partial charge is 0.123 e. The fraction of sp³-hybridized carbons (Fsp3) is 0.375. The van der Waals surface area contributed by atoms with Crippen LogP contribution in [0.5, 0.6) is 0 Å². The maximum atomic E-state index is 7.70. The van der Waals surface area contributed by atoms with Crippen molar-refractivity contribution in [1.82, 2.24) is 4.98 Å². The molecule has 0 radical (unpaired) electrons. The van der Waals surface area contributed by atoms with Crippen molar-refractivity contribution in [2.24, 2.45) is 0 Å². The van der Waals surface area contributed by atoms with Crippen molar-refractivity contribution in [3.8, 4) is 0 Å². The van der Waals surface area contributed by atoms with Crippen molar-refractivity contribution >= 4 is 5.82 Å². The van der Waals surface area contributed by atoms with Gasteiger partial charge in [0.15, 0.2) is 0 Å². The highest BCUT2D eigenvalue weighted by Gasteiger charge is 1.89. The number of nitrogens with zero attached hydrogens (tertiary/aromatic N) is 1. The predicted octanol–water partition coefficient (Wildman–Crippen LogP) is 1.62. The minimum absolute atomic E-state index is 0.478. The first kappa shape index (κ1) is 1.58. The van der Waals surface area contributed by atoms with Gasteiger partial charge in [-0.2, -0.15) is 0 Å². The Bertz CT molecular complexity index is 535. The number of nitrogens with two attached hydrogens (primary N) is 1. The Morgan fingerprint density at radius 3 is 3.60 bits per heavy atom. The average molecular weight is 146 g/mol. The fourth-order valence-electron chi connectivity index (χ4n) is 0.420. The van der Waals surface area contributed by atoms with Crippen LogP contribution in [0.4, 0.5) is 5.82 Å². The third kappa shape index (κ3) is 1.72. The summed E-state index contributed by atoms with van der Waals surface area (Å²) in [6.45, 7) is -3.32. The molecule has 0 saturated heterocycles. The molecule has 54 valence electrons. The number of pyridine rings is 1. The first-order chi connectivity index (χ1) is 8.75. The Kier molecular flexibility index (Phi) is 0.504. The number of nitrogen functional groups attached to an aromatic ring is 1. The molecule has 1 aromatic heterocycles. The van der Waals surface area contributed by atoms with Crippen LogP contribution in [0.3, 0.4) is 0 Å². The summed E-state index contributed by atoms with van der Waals surface area (Å²) in [7, 11) is 0. The van der Waals surface area contributed by atoms with Crippen molar-refractivity contribution in [3.05, 3.63) is 23.8 Å². The van der Waals surface area contributed by atoms with E-state index >= 15 is 0 Å². The Morgan fingerprint density at radius 2 is 2.80 bits per heavy atom. The summed E-state index contributed by atoms with van der Waals surface area (Å²) in [4.78, 5) is 3.34. The maximum absolute atomic E-state index is 7.70. The number of hydrogen-bond donors (Lipinski definition) is 1. The van der Waals surface area contributed by atoms with Crippen LogP contribution < -0.4 is 5.73 Å². The third-order valence-electron chi connectivity index (χ3n) is 0.791. The highest BCUT2D eigenvalue weighted by molar-refractivity contribution is 5.29. The number of rotatable bonds is 2. The van der Waals surface area contributed by atoms with E-state index in [1.807, 2.05) is 0 Å². The Morgan fingerprint density at radius 1 is 1.90 bits per heavy atom. The van der Waals surface area contributed by atoms with Gasteiger partial charge in [-0.1, -0.05) is 19.3 Å². The van der Waals surface area contributed by atoms with Crippen molar-refractivity contribution in [1.29, 1.82) is 0 Å². The molecule has 1 heterocycles. The van der Waals surface area contributed by atoms with E-state index in [2.05, 4.69) is 4.98 Å². The van der Waals surface area contributed by atoms with Gasteiger partial charge >= 0.3 is 0 Å². The van der Waals surface area contributed by atoms with Crippen molar-refractivity contribution in [3.63, 3.8) is 0 Å². The monoisotopic (exact) mass is 146 g/mol. The van der Waals surface area contributed by atoms with Crippen molar-refractivity contribution in [2.75, 3.05) is 5.73 Å². The van der Waals surface area contributed by atoms with E-state index in [9.17, 15) is 0 Å². The van der Waals surface area contributed by atoms with Crippen LogP contribution in [-0.2, 0) is 6.37 Å². The minimum Gasteiger partial charge on any atom is -0.384 e. The molecule has 0 unspecified atom stereocenters. The summed E-state index contributed by atoms with van der Waals surface area (Å²) in [5, 5.41) is 0. The molecule has 2 nitrogen and oxygen atoms in total. The molecule has 0 atom stereocenters. The summed E-state index contributed by atoms with van der Waals surface area (Å²) < 4.78 is 74.1. The largest absolute Gasteiger partial charge is 0.384 e. The highest BCUT2D eigenvalue weighted by Crippen LogP contribution is 2.02. The SMILES string of the molecule is [2H]c1nc(N)c([2H])c([2H])c1C([2H])([2H])C([2H])([2H])C([2H])([2H])[2H]. The van der Waals surface area contributed by atoms with E-state index in [1.165, 1.54) is 0 Å². The number of hydrogen-bond acceptors (Lipinski definition) is 2. The van der Waals surface area contributed by atoms with Crippen LogP contribution in [0.25, 0.3) is 0 Å². The summed E-state index contributed by atoms with van der Waals surface area (Å²) in [6, 6.07) is -1.53. The normalized spacial score (nSPS) is 28.4. The lowest BCUT2D eigenvalue weighted by atomic mass is 10.2. The Hall–Kier alpha value is -1.05. The van der Waals surface area contributed by atoms with Crippen LogP contribution in [-0.4, -0.2) is 4.98 Å². The second-order valence-electron chi connectivity index (χ2n) is 1.48. The summed E-state index contributed by atoms with van der Waals surface area (Å²) >= 11 is 0. The quantitative estimate of drug-likeness (QED) is 0.688. The Balaban J connectivity index is 3.64. The molecule has 0 fully saturated rings. The van der Waals surface area contributed by atoms with Crippen LogP contribution in [0.1, 0.15) is 32.5 Å². The standard InChI is InChI=1S/C8H12N2/c1-2-3-7-4-5-8(9)10-6-7/h4-6H,2-3H2,1H3,(H2,9,10)/i1D3,2D2,3D2,4D,5D,6D. The second kappa shape index (κ2) is 3.20. The molecule has 2 heteroatoms. The minimum atomic E-state index is -3.37. The zero-order chi connectivity index (χ0) is 16.1. The molecule has 1 aromatic rings. The zero-order valence-electron chi connectivity index (χ0n) is 15.0.